The summed E-state index contributed by atoms with van der Waals surface area (Å²) in [5, 5.41) is 4.71. The van der Waals surface area contributed by atoms with Gasteiger partial charge in [0.25, 0.3) is 5.91 Å². The molecule has 0 atom stereocenters. The van der Waals surface area contributed by atoms with Crippen LogP contribution in [-0.4, -0.2) is 36.3 Å². The van der Waals surface area contributed by atoms with Gasteiger partial charge in [0, 0.05) is 13.1 Å². The third-order valence-electron chi connectivity index (χ3n) is 2.87. The van der Waals surface area contributed by atoms with Gasteiger partial charge < -0.3 is 10.2 Å². The normalized spacial score (nSPS) is 16.5. The highest BCUT2D eigenvalue weighted by atomic mass is 32.1. The molecule has 1 aliphatic rings. The summed E-state index contributed by atoms with van der Waals surface area (Å²) in [6.45, 7) is 3.53. The Morgan fingerprint density at radius 1 is 1.59 bits per heavy atom. The molecule has 2 heterocycles. The van der Waals surface area contributed by atoms with Crippen molar-refractivity contribution in [1.29, 1.82) is 0 Å². The molecule has 0 bridgehead atoms. The number of hydrogen-bond acceptors (Lipinski definition) is 3. The third-order valence-corrected chi connectivity index (χ3v) is 3.82. The van der Waals surface area contributed by atoms with Crippen LogP contribution in [0.1, 0.15) is 28.6 Å². The van der Waals surface area contributed by atoms with E-state index in [9.17, 15) is 9.59 Å². The monoisotopic (exact) mass is 252 g/mol. The topological polar surface area (TPSA) is 49.4 Å². The Hall–Kier alpha value is -1.36. The molecule has 2 amide bonds. The minimum Gasteiger partial charge on any atom is -0.354 e. The first-order valence-corrected chi connectivity index (χ1v) is 6.72. The molecule has 92 valence electrons. The van der Waals surface area contributed by atoms with Gasteiger partial charge in [0.15, 0.2) is 0 Å². The van der Waals surface area contributed by atoms with E-state index >= 15 is 0 Å². The molecule has 5 heteroatoms. The van der Waals surface area contributed by atoms with E-state index in [1.54, 1.807) is 4.90 Å². The van der Waals surface area contributed by atoms with Crippen LogP contribution in [0, 0.1) is 0 Å². The third kappa shape index (κ3) is 2.66. The summed E-state index contributed by atoms with van der Waals surface area (Å²) >= 11 is 1.46. The summed E-state index contributed by atoms with van der Waals surface area (Å²) in [7, 11) is 0. The van der Waals surface area contributed by atoms with Crippen LogP contribution in [0.2, 0.25) is 0 Å². The molecule has 0 aromatic carbocycles. The summed E-state index contributed by atoms with van der Waals surface area (Å²) < 4.78 is 0. The lowest BCUT2D eigenvalue weighted by Crippen LogP contribution is -2.37. The molecule has 4 nitrogen and oxygen atoms in total. The molecule has 1 aliphatic heterocycles. The Morgan fingerprint density at radius 3 is 3.18 bits per heavy atom. The average Bonchev–Trinajstić information content (AvgIpc) is 2.70. The van der Waals surface area contributed by atoms with Crippen molar-refractivity contribution in [2.45, 2.75) is 19.8 Å². The summed E-state index contributed by atoms with van der Waals surface area (Å²) in [6, 6.07) is 1.98. The van der Waals surface area contributed by atoms with Crippen LogP contribution < -0.4 is 5.32 Å². The summed E-state index contributed by atoms with van der Waals surface area (Å²) in [4.78, 5) is 26.1. The lowest BCUT2D eigenvalue weighted by Gasteiger charge is -2.18. The zero-order valence-electron chi connectivity index (χ0n) is 9.86. The first-order chi connectivity index (χ1) is 8.22. The first-order valence-electron chi connectivity index (χ1n) is 5.84. The molecule has 0 spiro atoms. The van der Waals surface area contributed by atoms with Crippen LogP contribution >= 0.6 is 11.3 Å². The maximum atomic E-state index is 12.3. The van der Waals surface area contributed by atoms with Gasteiger partial charge in [-0.15, -0.1) is 11.3 Å². The standard InChI is InChI=1S/C12H16N2O2S/c1-2-9-4-7-17-11(9)12(16)14-6-3-5-13-10(15)8-14/h4,7H,2-3,5-6,8H2,1H3,(H,13,15). The second-order valence-corrected chi connectivity index (χ2v) is 4.97. The Kier molecular flexibility index (Phi) is 3.78. The smallest absolute Gasteiger partial charge is 0.264 e. The second-order valence-electron chi connectivity index (χ2n) is 4.06. The lowest BCUT2D eigenvalue weighted by molar-refractivity contribution is -0.121. The predicted octanol–water partition coefficient (Wildman–Crippen LogP) is 1.27. The molecular formula is C12H16N2O2S. The van der Waals surface area contributed by atoms with Crippen LogP contribution in [0.5, 0.6) is 0 Å². The van der Waals surface area contributed by atoms with E-state index < -0.39 is 0 Å². The highest BCUT2D eigenvalue weighted by molar-refractivity contribution is 7.12. The number of nitrogens with zero attached hydrogens (tertiary/aromatic N) is 1. The van der Waals surface area contributed by atoms with E-state index in [2.05, 4.69) is 5.32 Å². The van der Waals surface area contributed by atoms with Crippen LogP contribution in [0.4, 0.5) is 0 Å². The zero-order valence-corrected chi connectivity index (χ0v) is 10.7. The number of nitrogens with one attached hydrogen (secondary N) is 1. The molecule has 2 rings (SSSR count). The number of thiophene rings is 1. The minimum atomic E-state index is -0.0644. The molecule has 1 aromatic heterocycles. The van der Waals surface area contributed by atoms with Gasteiger partial charge in [-0.3, -0.25) is 9.59 Å². The van der Waals surface area contributed by atoms with Crippen LogP contribution in [-0.2, 0) is 11.2 Å². The van der Waals surface area contributed by atoms with Gasteiger partial charge in [0.05, 0.1) is 11.4 Å². The van der Waals surface area contributed by atoms with E-state index in [0.717, 1.165) is 23.3 Å². The highest BCUT2D eigenvalue weighted by Crippen LogP contribution is 2.20. The number of carbonyl (C=O) groups excluding carboxylic acids is 2. The van der Waals surface area contributed by atoms with E-state index in [0.29, 0.717) is 13.1 Å². The number of amides is 2. The van der Waals surface area contributed by atoms with Crippen molar-refractivity contribution in [3.63, 3.8) is 0 Å². The van der Waals surface area contributed by atoms with E-state index in [1.807, 2.05) is 18.4 Å². The molecule has 1 fully saturated rings. The molecule has 0 radical (unpaired) electrons. The van der Waals surface area contributed by atoms with Crippen LogP contribution in [0.25, 0.3) is 0 Å². The highest BCUT2D eigenvalue weighted by Gasteiger charge is 2.23. The molecule has 1 N–H and O–H groups in total. The van der Waals surface area contributed by atoms with Gasteiger partial charge in [0.2, 0.25) is 5.91 Å². The quantitative estimate of drug-likeness (QED) is 0.862. The van der Waals surface area contributed by atoms with Gasteiger partial charge in [-0.25, -0.2) is 0 Å². The van der Waals surface area contributed by atoms with E-state index in [4.69, 9.17) is 0 Å². The van der Waals surface area contributed by atoms with Gasteiger partial charge in [-0.1, -0.05) is 6.92 Å². The van der Waals surface area contributed by atoms with Crippen molar-refractivity contribution >= 4 is 23.2 Å². The molecule has 0 saturated carbocycles. The van der Waals surface area contributed by atoms with Crippen molar-refractivity contribution in [3.05, 3.63) is 21.9 Å². The molecular weight excluding hydrogens is 236 g/mol. The van der Waals surface area contributed by atoms with Crippen molar-refractivity contribution in [1.82, 2.24) is 10.2 Å². The fourth-order valence-electron chi connectivity index (χ4n) is 1.92. The van der Waals surface area contributed by atoms with E-state index in [-0.39, 0.29) is 18.4 Å². The summed E-state index contributed by atoms with van der Waals surface area (Å²) in [5.74, 6) is -0.0700. The van der Waals surface area contributed by atoms with Crippen molar-refractivity contribution < 1.29 is 9.59 Å². The number of carbonyl (C=O) groups is 2. The molecule has 1 saturated heterocycles. The Labute approximate surface area is 105 Å². The summed E-state index contributed by atoms with van der Waals surface area (Å²) in [6.07, 6.45) is 1.68. The van der Waals surface area contributed by atoms with Gasteiger partial charge in [-0.05, 0) is 29.9 Å². The van der Waals surface area contributed by atoms with Gasteiger partial charge in [-0.2, -0.15) is 0 Å². The Bertz CT molecular complexity index is 428. The number of aryl methyl sites for hydroxylation is 1. The van der Waals surface area contributed by atoms with Gasteiger partial charge in [0.1, 0.15) is 0 Å². The number of rotatable bonds is 2. The fourth-order valence-corrected chi connectivity index (χ4v) is 2.89. The average molecular weight is 252 g/mol. The second kappa shape index (κ2) is 5.31. The minimum absolute atomic E-state index is 0.00565. The summed E-state index contributed by atoms with van der Waals surface area (Å²) in [5.41, 5.74) is 1.07. The Morgan fingerprint density at radius 2 is 2.41 bits per heavy atom. The maximum Gasteiger partial charge on any atom is 0.264 e. The molecule has 0 aliphatic carbocycles. The lowest BCUT2D eigenvalue weighted by atomic mass is 10.2. The zero-order chi connectivity index (χ0) is 12.3. The predicted molar refractivity (Wildman–Crippen MR) is 67.2 cm³/mol. The van der Waals surface area contributed by atoms with Crippen molar-refractivity contribution in [2.75, 3.05) is 19.6 Å². The molecule has 17 heavy (non-hydrogen) atoms. The largest absolute Gasteiger partial charge is 0.354 e. The SMILES string of the molecule is CCc1ccsc1C(=O)N1CCCNC(=O)C1. The Balaban J connectivity index is 2.16. The molecule has 1 aromatic rings. The van der Waals surface area contributed by atoms with Crippen molar-refractivity contribution in [3.8, 4) is 0 Å². The molecule has 0 unspecified atom stereocenters. The van der Waals surface area contributed by atoms with Crippen molar-refractivity contribution in [2.24, 2.45) is 0 Å². The van der Waals surface area contributed by atoms with Gasteiger partial charge >= 0.3 is 0 Å². The van der Waals surface area contributed by atoms with Crippen LogP contribution in [0.15, 0.2) is 11.4 Å². The van der Waals surface area contributed by atoms with Crippen LogP contribution in [0.3, 0.4) is 0 Å². The maximum absolute atomic E-state index is 12.3. The van der Waals surface area contributed by atoms with E-state index in [1.165, 1.54) is 11.3 Å². The first kappa shape index (κ1) is 12.1. The number of hydrogen-bond donors (Lipinski definition) is 1. The fraction of sp³-hybridized carbons (Fsp3) is 0.500.